The van der Waals surface area contributed by atoms with Crippen LogP contribution in [0.1, 0.15) is 21.5 Å². The predicted molar refractivity (Wildman–Crippen MR) is 98.7 cm³/mol. The van der Waals surface area contributed by atoms with Crippen LogP contribution in [0.2, 0.25) is 0 Å². The number of carbonyl (C=O) groups excluding carboxylic acids is 1. The van der Waals surface area contributed by atoms with Crippen molar-refractivity contribution in [3.05, 3.63) is 59.2 Å². The minimum Gasteiger partial charge on any atom is -0.507 e. The van der Waals surface area contributed by atoms with Crippen LogP contribution < -0.4 is 0 Å². The molecule has 1 aliphatic rings. The first-order chi connectivity index (χ1) is 12.3. The molecule has 2 aromatic carbocycles. The van der Waals surface area contributed by atoms with Crippen LogP contribution in [0.15, 0.2) is 47.4 Å². The van der Waals surface area contributed by atoms with Crippen molar-refractivity contribution < 1.29 is 18.3 Å². The van der Waals surface area contributed by atoms with Crippen LogP contribution >= 0.6 is 0 Å². The van der Waals surface area contributed by atoms with Gasteiger partial charge in [-0.3, -0.25) is 4.79 Å². The van der Waals surface area contributed by atoms with Crippen molar-refractivity contribution in [2.45, 2.75) is 18.7 Å². The number of phenols is 1. The number of rotatable bonds is 3. The number of carbonyl (C=O) groups is 1. The van der Waals surface area contributed by atoms with Gasteiger partial charge in [-0.05, 0) is 43.2 Å². The van der Waals surface area contributed by atoms with Crippen LogP contribution in [-0.2, 0) is 10.0 Å². The molecule has 1 N–H and O–H groups in total. The van der Waals surface area contributed by atoms with E-state index in [1.54, 1.807) is 24.0 Å². The maximum atomic E-state index is 12.8. The Morgan fingerprint density at radius 1 is 1.00 bits per heavy atom. The highest BCUT2D eigenvalue weighted by atomic mass is 32.2. The number of sulfonamides is 1. The summed E-state index contributed by atoms with van der Waals surface area (Å²) in [6, 6.07) is 11.9. The number of aromatic hydroxyl groups is 1. The molecule has 0 aliphatic carbocycles. The molecule has 7 heteroatoms. The third kappa shape index (κ3) is 3.45. The maximum absolute atomic E-state index is 12.8. The Balaban J connectivity index is 1.75. The van der Waals surface area contributed by atoms with Gasteiger partial charge in [-0.15, -0.1) is 0 Å². The van der Waals surface area contributed by atoms with Crippen molar-refractivity contribution in [1.29, 1.82) is 0 Å². The van der Waals surface area contributed by atoms with Crippen molar-refractivity contribution in [2.24, 2.45) is 0 Å². The standard InChI is InChI=1S/C19H22N2O4S/c1-14-7-8-17(22)18(13-14)26(24,25)21-11-9-20(10-12-21)19(23)16-6-4-3-5-15(16)2/h3-8,13,22H,9-12H2,1-2H3. The summed E-state index contributed by atoms with van der Waals surface area (Å²) in [5.74, 6) is -0.340. The van der Waals surface area contributed by atoms with Gasteiger partial charge in [0.1, 0.15) is 10.6 Å². The molecule has 1 heterocycles. The molecule has 138 valence electrons. The summed E-state index contributed by atoms with van der Waals surface area (Å²) in [4.78, 5) is 14.2. The molecule has 26 heavy (non-hydrogen) atoms. The minimum absolute atomic E-state index is 0.0847. The molecule has 1 fully saturated rings. The fourth-order valence-electron chi connectivity index (χ4n) is 3.08. The summed E-state index contributed by atoms with van der Waals surface area (Å²) in [7, 11) is -3.79. The van der Waals surface area contributed by atoms with E-state index in [4.69, 9.17) is 0 Å². The number of phenolic OH excluding ortho intramolecular Hbond substituents is 1. The molecular formula is C19H22N2O4S. The molecule has 0 saturated carbocycles. The smallest absolute Gasteiger partial charge is 0.254 e. The van der Waals surface area contributed by atoms with Crippen LogP contribution in [-0.4, -0.2) is 54.8 Å². The van der Waals surface area contributed by atoms with Gasteiger partial charge in [0.2, 0.25) is 10.0 Å². The molecule has 1 saturated heterocycles. The summed E-state index contributed by atoms with van der Waals surface area (Å²) in [6.07, 6.45) is 0. The average Bonchev–Trinajstić information content (AvgIpc) is 2.63. The highest BCUT2D eigenvalue weighted by molar-refractivity contribution is 7.89. The first-order valence-corrected chi connectivity index (χ1v) is 9.89. The number of aryl methyl sites for hydroxylation is 2. The number of nitrogens with zero attached hydrogens (tertiary/aromatic N) is 2. The van der Waals surface area contributed by atoms with Crippen molar-refractivity contribution in [2.75, 3.05) is 26.2 Å². The Hall–Kier alpha value is -2.38. The second-order valence-electron chi connectivity index (χ2n) is 6.48. The summed E-state index contributed by atoms with van der Waals surface area (Å²) >= 11 is 0. The van der Waals surface area contributed by atoms with Crippen LogP contribution in [0.3, 0.4) is 0 Å². The van der Waals surface area contributed by atoms with Crippen LogP contribution in [0, 0.1) is 13.8 Å². The van der Waals surface area contributed by atoms with Crippen LogP contribution in [0.5, 0.6) is 5.75 Å². The minimum atomic E-state index is -3.79. The van der Waals surface area contributed by atoms with Gasteiger partial charge in [0, 0.05) is 31.7 Å². The summed E-state index contributed by atoms with van der Waals surface area (Å²) in [5.41, 5.74) is 2.30. The molecule has 0 spiro atoms. The quantitative estimate of drug-likeness (QED) is 0.893. The van der Waals surface area contributed by atoms with E-state index < -0.39 is 10.0 Å². The molecule has 0 bridgehead atoms. The van der Waals surface area contributed by atoms with Gasteiger partial charge in [0.15, 0.2) is 0 Å². The van der Waals surface area contributed by atoms with Crippen LogP contribution in [0.4, 0.5) is 0 Å². The zero-order valence-corrected chi connectivity index (χ0v) is 15.7. The molecule has 3 rings (SSSR count). The molecule has 0 radical (unpaired) electrons. The molecule has 0 atom stereocenters. The zero-order chi connectivity index (χ0) is 18.9. The zero-order valence-electron chi connectivity index (χ0n) is 14.8. The Labute approximate surface area is 153 Å². The summed E-state index contributed by atoms with van der Waals surface area (Å²) < 4.78 is 27.0. The fraction of sp³-hybridized carbons (Fsp3) is 0.316. The molecule has 0 aromatic heterocycles. The number of hydrogen-bond acceptors (Lipinski definition) is 4. The van der Waals surface area contributed by atoms with Crippen molar-refractivity contribution in [3.63, 3.8) is 0 Å². The lowest BCUT2D eigenvalue weighted by Gasteiger charge is -2.34. The van der Waals surface area contributed by atoms with E-state index in [-0.39, 0.29) is 29.6 Å². The fourth-order valence-corrected chi connectivity index (χ4v) is 4.67. The molecule has 1 aliphatic heterocycles. The van der Waals surface area contributed by atoms with E-state index in [0.29, 0.717) is 18.7 Å². The van der Waals surface area contributed by atoms with E-state index in [2.05, 4.69) is 0 Å². The number of amides is 1. The Morgan fingerprint density at radius 2 is 1.65 bits per heavy atom. The van der Waals surface area contributed by atoms with Gasteiger partial charge in [0.05, 0.1) is 0 Å². The first kappa shape index (κ1) is 18.4. The SMILES string of the molecule is Cc1ccc(O)c(S(=O)(=O)N2CCN(C(=O)c3ccccc3C)CC2)c1. The van der Waals surface area contributed by atoms with E-state index in [1.165, 1.54) is 16.4 Å². The first-order valence-electron chi connectivity index (χ1n) is 8.45. The molecular weight excluding hydrogens is 352 g/mol. The van der Waals surface area contributed by atoms with E-state index in [9.17, 15) is 18.3 Å². The topological polar surface area (TPSA) is 77.9 Å². The molecule has 6 nitrogen and oxygen atoms in total. The molecule has 2 aromatic rings. The van der Waals surface area contributed by atoms with Gasteiger partial charge in [0.25, 0.3) is 5.91 Å². The van der Waals surface area contributed by atoms with E-state index in [1.807, 2.05) is 25.1 Å². The van der Waals surface area contributed by atoms with Gasteiger partial charge in [-0.2, -0.15) is 4.31 Å². The predicted octanol–water partition coefficient (Wildman–Crippen LogP) is 2.16. The highest BCUT2D eigenvalue weighted by Crippen LogP contribution is 2.27. The second-order valence-corrected chi connectivity index (χ2v) is 8.39. The van der Waals surface area contributed by atoms with Gasteiger partial charge >= 0.3 is 0 Å². The van der Waals surface area contributed by atoms with E-state index >= 15 is 0 Å². The molecule has 1 amide bonds. The third-order valence-corrected chi connectivity index (χ3v) is 6.56. The largest absolute Gasteiger partial charge is 0.507 e. The number of hydrogen-bond donors (Lipinski definition) is 1. The maximum Gasteiger partial charge on any atom is 0.254 e. The Bertz CT molecular complexity index is 932. The molecule has 0 unspecified atom stereocenters. The third-order valence-electron chi connectivity index (χ3n) is 4.63. The normalized spacial score (nSPS) is 15.8. The lowest BCUT2D eigenvalue weighted by molar-refractivity contribution is 0.0697. The van der Waals surface area contributed by atoms with Gasteiger partial charge in [-0.1, -0.05) is 24.3 Å². The number of benzene rings is 2. The monoisotopic (exact) mass is 374 g/mol. The summed E-state index contributed by atoms with van der Waals surface area (Å²) in [6.45, 7) is 4.70. The van der Waals surface area contributed by atoms with Crippen molar-refractivity contribution >= 4 is 15.9 Å². The lowest BCUT2D eigenvalue weighted by Crippen LogP contribution is -2.50. The Morgan fingerprint density at radius 3 is 2.31 bits per heavy atom. The number of piperazine rings is 1. The van der Waals surface area contributed by atoms with Gasteiger partial charge < -0.3 is 10.0 Å². The van der Waals surface area contributed by atoms with E-state index in [0.717, 1.165) is 11.1 Å². The Kier molecular flexibility index (Phi) is 5.02. The van der Waals surface area contributed by atoms with Crippen molar-refractivity contribution in [3.8, 4) is 5.75 Å². The van der Waals surface area contributed by atoms with Gasteiger partial charge in [-0.25, -0.2) is 8.42 Å². The second kappa shape index (κ2) is 7.09. The van der Waals surface area contributed by atoms with Crippen LogP contribution in [0.25, 0.3) is 0 Å². The summed E-state index contributed by atoms with van der Waals surface area (Å²) in [5, 5.41) is 9.95. The lowest BCUT2D eigenvalue weighted by atomic mass is 10.1. The van der Waals surface area contributed by atoms with Crippen molar-refractivity contribution in [1.82, 2.24) is 9.21 Å². The average molecular weight is 374 g/mol. The highest BCUT2D eigenvalue weighted by Gasteiger charge is 2.32.